The van der Waals surface area contributed by atoms with Gasteiger partial charge in [-0.2, -0.15) is 0 Å². The quantitative estimate of drug-likeness (QED) is 0.731. The minimum Gasteiger partial charge on any atom is -0.496 e. The summed E-state index contributed by atoms with van der Waals surface area (Å²) < 4.78 is 5.26. The van der Waals surface area contributed by atoms with Crippen LogP contribution in [0.1, 0.15) is 24.8 Å². The van der Waals surface area contributed by atoms with Crippen molar-refractivity contribution in [2.45, 2.75) is 19.3 Å². The highest BCUT2D eigenvalue weighted by atomic mass is 16.5. The fourth-order valence-electron chi connectivity index (χ4n) is 1.96. The minimum atomic E-state index is 0.228. The maximum Gasteiger partial charge on any atom is 0.133 e. The van der Waals surface area contributed by atoms with Crippen molar-refractivity contribution in [3.63, 3.8) is 0 Å². The van der Waals surface area contributed by atoms with Gasteiger partial charge < -0.3 is 4.74 Å². The van der Waals surface area contributed by atoms with Crippen molar-refractivity contribution < 1.29 is 9.53 Å². The lowest BCUT2D eigenvalue weighted by Gasteiger charge is -2.06. The van der Waals surface area contributed by atoms with Crippen LogP contribution in [0.5, 0.6) is 5.75 Å². The Labute approximate surface area is 83.9 Å². The first-order valence-corrected chi connectivity index (χ1v) is 4.87. The lowest BCUT2D eigenvalue weighted by atomic mass is 10.1. The normalized spacial score (nSPS) is 24.4. The van der Waals surface area contributed by atoms with Gasteiger partial charge in [-0.25, -0.2) is 0 Å². The minimum absolute atomic E-state index is 0.228. The van der Waals surface area contributed by atoms with Crippen LogP contribution in [0, 0.1) is 5.92 Å². The van der Waals surface area contributed by atoms with Crippen LogP contribution in [0.4, 0.5) is 0 Å². The molecule has 1 saturated carbocycles. The van der Waals surface area contributed by atoms with Crippen molar-refractivity contribution >= 4 is 5.78 Å². The van der Waals surface area contributed by atoms with Crippen molar-refractivity contribution in [1.82, 2.24) is 0 Å². The molecule has 0 spiro atoms. The molecule has 1 aromatic rings. The van der Waals surface area contributed by atoms with Crippen molar-refractivity contribution in [2.24, 2.45) is 5.92 Å². The van der Waals surface area contributed by atoms with E-state index in [2.05, 4.69) is 0 Å². The molecule has 0 saturated heterocycles. The topological polar surface area (TPSA) is 26.3 Å². The number of benzene rings is 1. The van der Waals surface area contributed by atoms with Gasteiger partial charge in [-0.3, -0.25) is 4.79 Å². The van der Waals surface area contributed by atoms with Gasteiger partial charge in [0.05, 0.1) is 7.11 Å². The van der Waals surface area contributed by atoms with E-state index in [0.29, 0.717) is 11.7 Å². The van der Waals surface area contributed by atoms with Gasteiger partial charge in [-0.15, -0.1) is 0 Å². The molecular formula is C12H14O2. The van der Waals surface area contributed by atoms with Crippen LogP contribution in [0.2, 0.25) is 0 Å². The number of rotatable bonds is 3. The molecule has 14 heavy (non-hydrogen) atoms. The average Bonchev–Trinajstić information content (AvgIpc) is 2.97. The summed E-state index contributed by atoms with van der Waals surface area (Å²) in [4.78, 5) is 11.1. The molecular weight excluding hydrogens is 176 g/mol. The van der Waals surface area contributed by atoms with Crippen molar-refractivity contribution in [2.75, 3.05) is 7.11 Å². The fourth-order valence-corrected chi connectivity index (χ4v) is 1.96. The number of carbonyl (C=O) groups excluding carboxylic acids is 1. The molecule has 0 N–H and O–H groups in total. The van der Waals surface area contributed by atoms with E-state index in [4.69, 9.17) is 4.74 Å². The predicted molar refractivity (Wildman–Crippen MR) is 54.5 cm³/mol. The van der Waals surface area contributed by atoms with E-state index in [1.807, 2.05) is 24.3 Å². The maximum absolute atomic E-state index is 11.1. The van der Waals surface area contributed by atoms with Gasteiger partial charge in [-0.1, -0.05) is 18.2 Å². The molecule has 0 bridgehead atoms. The number of methoxy groups -OCH3 is 1. The zero-order chi connectivity index (χ0) is 10.1. The van der Waals surface area contributed by atoms with E-state index in [1.165, 1.54) is 5.56 Å². The Hall–Kier alpha value is -1.31. The standard InChI is InChI=1S/C12H14O2/c1-8(13)10-7-11(10)9-5-3-4-6-12(9)14-2/h3-6,10-11H,7H2,1-2H3/t10-,11?/m1/s1. The second-order valence-electron chi connectivity index (χ2n) is 3.80. The molecule has 1 unspecified atom stereocenters. The molecule has 0 heterocycles. The first-order valence-electron chi connectivity index (χ1n) is 4.87. The summed E-state index contributed by atoms with van der Waals surface area (Å²) in [6, 6.07) is 7.94. The molecule has 1 aliphatic rings. The third-order valence-electron chi connectivity index (χ3n) is 2.85. The molecule has 2 nitrogen and oxygen atoms in total. The number of para-hydroxylation sites is 1. The molecule has 0 radical (unpaired) electrons. The first kappa shape index (κ1) is 9.25. The van der Waals surface area contributed by atoms with Gasteiger partial charge >= 0.3 is 0 Å². The zero-order valence-electron chi connectivity index (χ0n) is 8.49. The lowest BCUT2D eigenvalue weighted by molar-refractivity contribution is -0.118. The Morgan fingerprint density at radius 1 is 1.43 bits per heavy atom. The summed E-state index contributed by atoms with van der Waals surface area (Å²) in [6.45, 7) is 1.67. The zero-order valence-corrected chi connectivity index (χ0v) is 8.49. The van der Waals surface area contributed by atoms with E-state index < -0.39 is 0 Å². The van der Waals surface area contributed by atoms with Crippen LogP contribution in [-0.2, 0) is 4.79 Å². The summed E-state index contributed by atoms with van der Waals surface area (Å²) in [5, 5.41) is 0. The highest BCUT2D eigenvalue weighted by molar-refractivity contribution is 5.82. The van der Waals surface area contributed by atoms with Crippen LogP contribution in [-0.4, -0.2) is 12.9 Å². The molecule has 2 heteroatoms. The number of hydrogen-bond donors (Lipinski definition) is 0. The highest BCUT2D eigenvalue weighted by Crippen LogP contribution is 2.50. The van der Waals surface area contributed by atoms with E-state index in [9.17, 15) is 4.79 Å². The molecule has 0 aliphatic heterocycles. The molecule has 0 aromatic heterocycles. The number of Topliss-reactive ketones (excluding diaryl/α,β-unsaturated/α-hetero) is 1. The number of hydrogen-bond acceptors (Lipinski definition) is 2. The molecule has 1 aliphatic carbocycles. The van der Waals surface area contributed by atoms with E-state index in [1.54, 1.807) is 14.0 Å². The summed E-state index contributed by atoms with van der Waals surface area (Å²) in [6.07, 6.45) is 0.982. The van der Waals surface area contributed by atoms with Gasteiger partial charge in [0.15, 0.2) is 0 Å². The number of ketones is 1. The number of carbonyl (C=O) groups is 1. The highest BCUT2D eigenvalue weighted by Gasteiger charge is 2.42. The summed E-state index contributed by atoms with van der Waals surface area (Å²) >= 11 is 0. The lowest BCUT2D eigenvalue weighted by Crippen LogP contribution is -1.96. The van der Waals surface area contributed by atoms with Crippen LogP contribution in [0.15, 0.2) is 24.3 Å². The van der Waals surface area contributed by atoms with Crippen molar-refractivity contribution in [1.29, 1.82) is 0 Å². The molecule has 2 rings (SSSR count). The SMILES string of the molecule is COc1ccccc1C1C[C@@H]1C(C)=O. The van der Waals surface area contributed by atoms with Crippen molar-refractivity contribution in [3.05, 3.63) is 29.8 Å². The molecule has 1 aromatic carbocycles. The molecule has 74 valence electrons. The largest absolute Gasteiger partial charge is 0.496 e. The molecule has 0 amide bonds. The van der Waals surface area contributed by atoms with Gasteiger partial charge in [0.25, 0.3) is 0 Å². The van der Waals surface area contributed by atoms with Crippen LogP contribution in [0.25, 0.3) is 0 Å². The first-order chi connectivity index (χ1) is 6.74. The second-order valence-corrected chi connectivity index (χ2v) is 3.80. The monoisotopic (exact) mass is 190 g/mol. The Morgan fingerprint density at radius 2 is 2.14 bits per heavy atom. The van der Waals surface area contributed by atoms with E-state index in [-0.39, 0.29) is 5.92 Å². The average molecular weight is 190 g/mol. The molecule has 1 fully saturated rings. The third kappa shape index (κ3) is 1.52. The van der Waals surface area contributed by atoms with Crippen LogP contribution in [0.3, 0.4) is 0 Å². The van der Waals surface area contributed by atoms with E-state index >= 15 is 0 Å². The Balaban J connectivity index is 2.22. The van der Waals surface area contributed by atoms with E-state index in [0.717, 1.165) is 12.2 Å². The fraction of sp³-hybridized carbons (Fsp3) is 0.417. The third-order valence-corrected chi connectivity index (χ3v) is 2.85. The maximum atomic E-state index is 11.1. The van der Waals surface area contributed by atoms with Gasteiger partial charge in [-0.05, 0) is 30.9 Å². The Kier molecular flexibility index (Phi) is 2.28. The summed E-state index contributed by atoms with van der Waals surface area (Å²) in [5.41, 5.74) is 1.18. The summed E-state index contributed by atoms with van der Waals surface area (Å²) in [5.74, 6) is 1.82. The molecule has 2 atom stereocenters. The van der Waals surface area contributed by atoms with Gasteiger partial charge in [0.2, 0.25) is 0 Å². The Morgan fingerprint density at radius 3 is 2.71 bits per heavy atom. The predicted octanol–water partition coefficient (Wildman–Crippen LogP) is 2.39. The van der Waals surface area contributed by atoms with Gasteiger partial charge in [0.1, 0.15) is 11.5 Å². The Bertz CT molecular complexity index is 357. The van der Waals surface area contributed by atoms with Crippen LogP contribution < -0.4 is 4.74 Å². The van der Waals surface area contributed by atoms with Crippen molar-refractivity contribution in [3.8, 4) is 5.75 Å². The smallest absolute Gasteiger partial charge is 0.133 e. The van der Waals surface area contributed by atoms with Crippen LogP contribution >= 0.6 is 0 Å². The second kappa shape index (κ2) is 3.45. The summed E-state index contributed by atoms with van der Waals surface area (Å²) in [7, 11) is 1.67. The number of ether oxygens (including phenoxy) is 1. The van der Waals surface area contributed by atoms with Gasteiger partial charge in [0, 0.05) is 5.92 Å².